The number of halogens is 1. The predicted molar refractivity (Wildman–Crippen MR) is 127 cm³/mol. The number of sulfone groups is 1. The van der Waals surface area contributed by atoms with Crippen LogP contribution in [0.15, 0.2) is 71.3 Å². The van der Waals surface area contributed by atoms with Crippen LogP contribution in [0.2, 0.25) is 5.02 Å². The Morgan fingerprint density at radius 1 is 1.00 bits per heavy atom. The van der Waals surface area contributed by atoms with E-state index in [4.69, 9.17) is 16.0 Å². The van der Waals surface area contributed by atoms with Crippen LogP contribution < -0.4 is 9.62 Å². The van der Waals surface area contributed by atoms with Gasteiger partial charge >= 0.3 is 0 Å². The van der Waals surface area contributed by atoms with E-state index in [2.05, 4.69) is 5.32 Å². The van der Waals surface area contributed by atoms with E-state index in [1.54, 1.807) is 36.4 Å². The molecule has 0 fully saturated rings. The minimum atomic E-state index is -3.62. The average molecular weight is 511 g/mol. The molecule has 1 aromatic heterocycles. The summed E-state index contributed by atoms with van der Waals surface area (Å²) in [5, 5.41) is 3.01. The minimum Gasteiger partial charge on any atom is -0.468 e. The summed E-state index contributed by atoms with van der Waals surface area (Å²) in [6.07, 6.45) is 2.49. The van der Waals surface area contributed by atoms with Gasteiger partial charge in [0.15, 0.2) is 9.84 Å². The largest absolute Gasteiger partial charge is 0.468 e. The van der Waals surface area contributed by atoms with Crippen LogP contribution >= 0.6 is 11.6 Å². The molecule has 0 radical (unpaired) electrons. The lowest BCUT2D eigenvalue weighted by Gasteiger charge is -2.23. The Bertz CT molecular complexity index is 1310. The summed E-state index contributed by atoms with van der Waals surface area (Å²) in [6.45, 7) is -0.0246. The Labute approximate surface area is 198 Å². The van der Waals surface area contributed by atoms with Crippen LogP contribution in [0.3, 0.4) is 0 Å². The van der Waals surface area contributed by atoms with Gasteiger partial charge in [-0.2, -0.15) is 0 Å². The third-order valence-corrected chi connectivity index (χ3v) is 7.79. The van der Waals surface area contributed by atoms with Gasteiger partial charge in [0.2, 0.25) is 10.0 Å². The van der Waals surface area contributed by atoms with E-state index in [1.165, 1.54) is 34.8 Å². The zero-order chi connectivity index (χ0) is 24.1. The molecule has 1 N–H and O–H groups in total. The van der Waals surface area contributed by atoms with Gasteiger partial charge < -0.3 is 9.73 Å². The second-order valence-electron chi connectivity index (χ2n) is 7.34. The Morgan fingerprint density at radius 3 is 2.30 bits per heavy atom. The molecular formula is C22H23ClN2O6S2. The van der Waals surface area contributed by atoms with E-state index in [0.29, 0.717) is 22.0 Å². The minimum absolute atomic E-state index is 0.0393. The summed E-state index contributed by atoms with van der Waals surface area (Å²) in [5.74, 6) is -0.606. The monoisotopic (exact) mass is 510 g/mol. The fourth-order valence-corrected chi connectivity index (χ4v) is 5.30. The third kappa shape index (κ3) is 7.08. The maximum Gasteiger partial charge on any atom is 0.251 e. The third-order valence-electron chi connectivity index (χ3n) is 4.73. The maximum atomic E-state index is 12.4. The molecule has 1 amide bonds. The van der Waals surface area contributed by atoms with Gasteiger partial charge in [0.25, 0.3) is 5.91 Å². The molecular weight excluding hydrogens is 488 g/mol. The molecule has 33 heavy (non-hydrogen) atoms. The van der Waals surface area contributed by atoms with Gasteiger partial charge in [-0.3, -0.25) is 9.10 Å². The highest BCUT2D eigenvalue weighted by molar-refractivity contribution is 7.92. The number of hydrogen-bond acceptors (Lipinski definition) is 6. The van der Waals surface area contributed by atoms with Gasteiger partial charge in [-0.1, -0.05) is 29.8 Å². The summed E-state index contributed by atoms with van der Waals surface area (Å²) < 4.78 is 55.2. The van der Waals surface area contributed by atoms with Crippen molar-refractivity contribution in [1.29, 1.82) is 0 Å². The lowest BCUT2D eigenvalue weighted by atomic mass is 10.1. The van der Waals surface area contributed by atoms with Crippen LogP contribution in [0.4, 0.5) is 5.69 Å². The number of rotatable bonds is 10. The standard InChI is InChI=1S/C22H23ClN2O6S2/c1-32(27,28)25(15-18-5-2-3-7-21(18)23)19-10-8-17(9-11-19)22(26)24-12-14-33(29,30)16-20-6-4-13-31-20/h2-11,13H,12,14-16H2,1H3,(H,24,26). The van der Waals surface area contributed by atoms with Crippen molar-refractivity contribution in [3.8, 4) is 0 Å². The molecule has 0 aliphatic carbocycles. The summed E-state index contributed by atoms with van der Waals surface area (Å²) in [4.78, 5) is 12.4. The number of nitrogens with one attached hydrogen (secondary N) is 1. The van der Waals surface area contributed by atoms with Crippen LogP contribution in [0, 0.1) is 0 Å². The number of benzene rings is 2. The lowest BCUT2D eigenvalue weighted by molar-refractivity contribution is 0.0956. The lowest BCUT2D eigenvalue weighted by Crippen LogP contribution is -2.30. The van der Waals surface area contributed by atoms with Crippen molar-refractivity contribution >= 4 is 43.1 Å². The molecule has 8 nitrogen and oxygen atoms in total. The van der Waals surface area contributed by atoms with E-state index >= 15 is 0 Å². The Hall–Kier alpha value is -2.82. The van der Waals surface area contributed by atoms with E-state index in [-0.39, 0.29) is 30.2 Å². The van der Waals surface area contributed by atoms with Gasteiger partial charge in [0, 0.05) is 17.1 Å². The first kappa shape index (κ1) is 24.8. The highest BCUT2D eigenvalue weighted by Gasteiger charge is 2.20. The molecule has 0 atom stereocenters. The topological polar surface area (TPSA) is 114 Å². The molecule has 0 bridgehead atoms. The van der Waals surface area contributed by atoms with Crippen LogP contribution in [0.5, 0.6) is 0 Å². The molecule has 1 heterocycles. The normalized spacial score (nSPS) is 11.8. The number of sulfonamides is 1. The van der Waals surface area contributed by atoms with Crippen molar-refractivity contribution in [2.24, 2.45) is 0 Å². The number of furan rings is 1. The van der Waals surface area contributed by atoms with Crippen molar-refractivity contribution in [3.05, 3.63) is 88.8 Å². The summed E-state index contributed by atoms with van der Waals surface area (Å²) in [7, 11) is -7.06. The summed E-state index contributed by atoms with van der Waals surface area (Å²) >= 11 is 6.17. The van der Waals surface area contributed by atoms with Crippen molar-refractivity contribution in [2.45, 2.75) is 12.3 Å². The number of anilines is 1. The number of hydrogen-bond donors (Lipinski definition) is 1. The van der Waals surface area contributed by atoms with Gasteiger partial charge in [-0.25, -0.2) is 16.8 Å². The SMILES string of the molecule is CS(=O)(=O)N(Cc1ccccc1Cl)c1ccc(C(=O)NCCS(=O)(=O)Cc2ccco2)cc1. The average Bonchev–Trinajstić information content (AvgIpc) is 3.24. The van der Waals surface area contributed by atoms with Crippen LogP contribution in [-0.4, -0.2) is 41.3 Å². The zero-order valence-corrected chi connectivity index (χ0v) is 20.2. The molecule has 176 valence electrons. The molecule has 3 aromatic rings. The van der Waals surface area contributed by atoms with Crippen molar-refractivity contribution in [3.63, 3.8) is 0 Å². The molecule has 0 spiro atoms. The number of carbonyl (C=O) groups is 1. The first-order chi connectivity index (χ1) is 15.5. The summed E-state index contributed by atoms with van der Waals surface area (Å²) in [6, 6.07) is 16.1. The smallest absolute Gasteiger partial charge is 0.251 e. The van der Waals surface area contributed by atoms with Gasteiger partial charge in [0.1, 0.15) is 11.5 Å². The van der Waals surface area contributed by atoms with E-state index in [9.17, 15) is 21.6 Å². The molecule has 0 unspecified atom stereocenters. The Balaban J connectivity index is 1.64. The molecule has 0 aliphatic rings. The van der Waals surface area contributed by atoms with Gasteiger partial charge in [-0.05, 0) is 48.0 Å². The molecule has 0 aliphatic heterocycles. The van der Waals surface area contributed by atoms with Crippen molar-refractivity contribution in [1.82, 2.24) is 5.32 Å². The van der Waals surface area contributed by atoms with Gasteiger partial charge in [-0.15, -0.1) is 0 Å². The molecule has 3 rings (SSSR count). The number of carbonyl (C=O) groups excluding carboxylic acids is 1. The van der Waals surface area contributed by atoms with Gasteiger partial charge in [0.05, 0.1) is 30.5 Å². The second kappa shape index (κ2) is 10.4. The zero-order valence-electron chi connectivity index (χ0n) is 17.8. The van der Waals surface area contributed by atoms with Crippen LogP contribution in [0.1, 0.15) is 21.7 Å². The fraction of sp³-hybridized carbons (Fsp3) is 0.227. The first-order valence-electron chi connectivity index (χ1n) is 9.87. The highest BCUT2D eigenvalue weighted by atomic mass is 35.5. The van der Waals surface area contributed by atoms with E-state index < -0.39 is 25.8 Å². The quantitative estimate of drug-likeness (QED) is 0.448. The Morgan fingerprint density at radius 2 is 1.70 bits per heavy atom. The number of amides is 1. The Kier molecular flexibility index (Phi) is 7.83. The predicted octanol–water partition coefficient (Wildman–Crippen LogP) is 3.24. The second-order valence-corrected chi connectivity index (χ2v) is 11.8. The number of nitrogens with zero attached hydrogens (tertiary/aromatic N) is 1. The van der Waals surface area contributed by atoms with Crippen LogP contribution in [-0.2, 0) is 32.2 Å². The molecule has 0 saturated heterocycles. The summed E-state index contributed by atoms with van der Waals surface area (Å²) in [5.41, 5.74) is 1.28. The highest BCUT2D eigenvalue weighted by Crippen LogP contribution is 2.24. The fourth-order valence-electron chi connectivity index (χ4n) is 3.07. The maximum absolute atomic E-state index is 12.4. The van der Waals surface area contributed by atoms with Crippen LogP contribution in [0.25, 0.3) is 0 Å². The first-order valence-corrected chi connectivity index (χ1v) is 13.9. The molecule has 0 saturated carbocycles. The van der Waals surface area contributed by atoms with E-state index in [0.717, 1.165) is 6.26 Å². The molecule has 2 aromatic carbocycles. The molecule has 11 heteroatoms. The van der Waals surface area contributed by atoms with Crippen molar-refractivity contribution < 1.29 is 26.0 Å². The van der Waals surface area contributed by atoms with Crippen molar-refractivity contribution in [2.75, 3.05) is 22.9 Å². The van der Waals surface area contributed by atoms with E-state index in [1.807, 2.05) is 0 Å².